The molecule has 0 radical (unpaired) electrons. The predicted octanol–water partition coefficient (Wildman–Crippen LogP) is 4.36. The van der Waals surface area contributed by atoms with Crippen LogP contribution in [-0.4, -0.2) is 54.1 Å². The zero-order chi connectivity index (χ0) is 22.5. The highest BCUT2D eigenvalue weighted by atomic mass is 32.1. The Hall–Kier alpha value is -2.93. The number of aromatic nitrogens is 2. The van der Waals surface area contributed by atoms with Crippen molar-refractivity contribution < 1.29 is 9.53 Å². The van der Waals surface area contributed by atoms with E-state index in [1.54, 1.807) is 7.11 Å². The average Bonchev–Trinajstić information content (AvgIpc) is 3.24. The molecular formula is C25H30N4O2S. The molecule has 3 heterocycles. The Balaban J connectivity index is 1.59. The number of aryl methyl sites for hydroxylation is 2. The van der Waals surface area contributed by atoms with E-state index in [1.165, 1.54) is 22.5 Å². The van der Waals surface area contributed by atoms with E-state index in [0.717, 1.165) is 66.9 Å². The summed E-state index contributed by atoms with van der Waals surface area (Å²) in [4.78, 5) is 27.6. The number of ether oxygens (including phenoxy) is 1. The van der Waals surface area contributed by atoms with Crippen molar-refractivity contribution in [1.29, 1.82) is 0 Å². The van der Waals surface area contributed by atoms with Crippen LogP contribution in [0.2, 0.25) is 0 Å². The molecule has 1 fully saturated rings. The Bertz CT molecular complexity index is 1050. The summed E-state index contributed by atoms with van der Waals surface area (Å²) >= 11 is 1.51. The van der Waals surface area contributed by atoms with Crippen LogP contribution in [0.15, 0.2) is 41.8 Å². The molecule has 0 atom stereocenters. The summed E-state index contributed by atoms with van der Waals surface area (Å²) in [7, 11) is 1.68. The van der Waals surface area contributed by atoms with Crippen molar-refractivity contribution in [3.63, 3.8) is 0 Å². The van der Waals surface area contributed by atoms with Crippen molar-refractivity contribution in [2.45, 2.75) is 33.1 Å². The third-order valence-electron chi connectivity index (χ3n) is 5.87. The van der Waals surface area contributed by atoms with Gasteiger partial charge in [0.1, 0.15) is 17.4 Å². The highest BCUT2D eigenvalue weighted by Gasteiger charge is 2.24. The van der Waals surface area contributed by atoms with Crippen LogP contribution in [0, 0.1) is 6.92 Å². The van der Waals surface area contributed by atoms with Gasteiger partial charge in [-0.05, 0) is 48.9 Å². The van der Waals surface area contributed by atoms with Gasteiger partial charge in [0.25, 0.3) is 5.91 Å². The Labute approximate surface area is 193 Å². The maximum atomic E-state index is 12.9. The molecule has 1 aromatic carbocycles. The first-order valence-corrected chi connectivity index (χ1v) is 12.0. The molecule has 7 heteroatoms. The molecule has 1 amide bonds. The van der Waals surface area contributed by atoms with Gasteiger partial charge in [-0.3, -0.25) is 4.79 Å². The standard InChI is InChI=1S/C25H30N4O2S/c1-4-22-21(17-19-8-10-20(31-3)11-9-19)24(27-18(2)26-22)28-12-6-13-29(15-14-28)25(30)23-7-5-16-32-23/h5,7-11,16H,4,6,12-15,17H2,1-3H3. The number of rotatable bonds is 6. The van der Waals surface area contributed by atoms with Gasteiger partial charge in [-0.15, -0.1) is 11.3 Å². The number of methoxy groups -OCH3 is 1. The van der Waals surface area contributed by atoms with E-state index in [4.69, 9.17) is 14.7 Å². The molecule has 0 saturated carbocycles. The van der Waals surface area contributed by atoms with E-state index in [-0.39, 0.29) is 5.91 Å². The quantitative estimate of drug-likeness (QED) is 0.558. The summed E-state index contributed by atoms with van der Waals surface area (Å²) in [5, 5.41) is 1.96. The number of carbonyl (C=O) groups excluding carboxylic acids is 1. The van der Waals surface area contributed by atoms with Crippen molar-refractivity contribution in [1.82, 2.24) is 14.9 Å². The normalized spacial score (nSPS) is 14.3. The van der Waals surface area contributed by atoms with Crippen LogP contribution in [0.25, 0.3) is 0 Å². The smallest absolute Gasteiger partial charge is 0.263 e. The van der Waals surface area contributed by atoms with E-state index in [0.29, 0.717) is 6.54 Å². The van der Waals surface area contributed by atoms with Gasteiger partial charge >= 0.3 is 0 Å². The molecule has 0 unspecified atom stereocenters. The van der Waals surface area contributed by atoms with Crippen molar-refractivity contribution in [2.24, 2.45) is 0 Å². The van der Waals surface area contributed by atoms with E-state index >= 15 is 0 Å². The summed E-state index contributed by atoms with van der Waals surface area (Å²) in [5.41, 5.74) is 3.49. The number of anilines is 1. The molecule has 168 valence electrons. The second kappa shape index (κ2) is 10.1. The topological polar surface area (TPSA) is 58.6 Å². The number of hydrogen-bond donors (Lipinski definition) is 0. The lowest BCUT2D eigenvalue weighted by Gasteiger charge is -2.26. The second-order valence-electron chi connectivity index (χ2n) is 8.01. The van der Waals surface area contributed by atoms with Gasteiger partial charge in [-0.1, -0.05) is 25.1 Å². The van der Waals surface area contributed by atoms with Crippen LogP contribution < -0.4 is 9.64 Å². The van der Waals surface area contributed by atoms with E-state index in [2.05, 4.69) is 24.0 Å². The first-order valence-electron chi connectivity index (χ1n) is 11.2. The fourth-order valence-electron chi connectivity index (χ4n) is 4.21. The summed E-state index contributed by atoms with van der Waals surface area (Å²) in [6.07, 6.45) is 2.55. The van der Waals surface area contributed by atoms with Crippen molar-refractivity contribution in [3.8, 4) is 5.75 Å². The lowest BCUT2D eigenvalue weighted by molar-refractivity contribution is 0.0772. The Morgan fingerprint density at radius 2 is 1.91 bits per heavy atom. The average molecular weight is 451 g/mol. The van der Waals surface area contributed by atoms with Gasteiger partial charge in [-0.25, -0.2) is 9.97 Å². The predicted molar refractivity (Wildman–Crippen MR) is 129 cm³/mol. The van der Waals surface area contributed by atoms with E-state index in [1.807, 2.05) is 41.5 Å². The van der Waals surface area contributed by atoms with Crippen molar-refractivity contribution in [2.75, 3.05) is 38.2 Å². The highest BCUT2D eigenvalue weighted by Crippen LogP contribution is 2.27. The number of carbonyl (C=O) groups is 1. The highest BCUT2D eigenvalue weighted by molar-refractivity contribution is 7.12. The lowest BCUT2D eigenvalue weighted by Crippen LogP contribution is -2.35. The molecule has 2 aromatic heterocycles. The summed E-state index contributed by atoms with van der Waals surface area (Å²) in [6.45, 7) is 7.22. The van der Waals surface area contributed by atoms with Gasteiger partial charge in [0.2, 0.25) is 0 Å². The van der Waals surface area contributed by atoms with Crippen molar-refractivity contribution >= 4 is 23.1 Å². The minimum Gasteiger partial charge on any atom is -0.497 e. The van der Waals surface area contributed by atoms with Crippen LogP contribution in [0.3, 0.4) is 0 Å². The summed E-state index contributed by atoms with van der Waals surface area (Å²) < 4.78 is 5.30. The molecule has 6 nitrogen and oxygen atoms in total. The van der Waals surface area contributed by atoms with Crippen LogP contribution in [0.1, 0.15) is 45.7 Å². The minimum absolute atomic E-state index is 0.133. The molecule has 0 bridgehead atoms. The molecule has 0 aliphatic carbocycles. The van der Waals surface area contributed by atoms with Gasteiger partial charge in [0.15, 0.2) is 0 Å². The lowest BCUT2D eigenvalue weighted by atomic mass is 10.0. The van der Waals surface area contributed by atoms with Crippen LogP contribution in [-0.2, 0) is 12.8 Å². The van der Waals surface area contributed by atoms with E-state index in [9.17, 15) is 4.79 Å². The van der Waals surface area contributed by atoms with Crippen molar-refractivity contribution in [3.05, 3.63) is 69.3 Å². The zero-order valence-electron chi connectivity index (χ0n) is 19.0. The summed E-state index contributed by atoms with van der Waals surface area (Å²) in [6, 6.07) is 12.0. The fraction of sp³-hybridized carbons (Fsp3) is 0.400. The van der Waals surface area contributed by atoms with Gasteiger partial charge < -0.3 is 14.5 Å². The molecule has 1 saturated heterocycles. The Morgan fingerprint density at radius 1 is 1.09 bits per heavy atom. The number of nitrogens with zero attached hydrogens (tertiary/aromatic N) is 4. The molecule has 3 aromatic rings. The molecule has 0 spiro atoms. The van der Waals surface area contributed by atoms with E-state index < -0.39 is 0 Å². The largest absolute Gasteiger partial charge is 0.497 e. The zero-order valence-corrected chi connectivity index (χ0v) is 19.8. The molecule has 32 heavy (non-hydrogen) atoms. The first kappa shape index (κ1) is 22.3. The fourth-order valence-corrected chi connectivity index (χ4v) is 4.90. The third-order valence-corrected chi connectivity index (χ3v) is 6.73. The van der Waals surface area contributed by atoms with Crippen LogP contribution in [0.5, 0.6) is 5.75 Å². The molecule has 1 aliphatic heterocycles. The molecule has 4 rings (SSSR count). The SMILES string of the molecule is CCc1nc(C)nc(N2CCCN(C(=O)c3cccs3)CC2)c1Cc1ccc(OC)cc1. The maximum Gasteiger partial charge on any atom is 0.263 e. The Morgan fingerprint density at radius 3 is 2.59 bits per heavy atom. The minimum atomic E-state index is 0.133. The van der Waals surface area contributed by atoms with Gasteiger partial charge in [0.05, 0.1) is 12.0 Å². The number of hydrogen-bond acceptors (Lipinski definition) is 6. The Kier molecular flexibility index (Phi) is 7.05. The van der Waals surface area contributed by atoms with Gasteiger partial charge in [0, 0.05) is 43.9 Å². The molecular weight excluding hydrogens is 420 g/mol. The second-order valence-corrected chi connectivity index (χ2v) is 8.96. The van der Waals surface area contributed by atoms with Crippen LogP contribution >= 0.6 is 11.3 Å². The number of amides is 1. The number of thiophene rings is 1. The monoisotopic (exact) mass is 450 g/mol. The molecule has 1 aliphatic rings. The van der Waals surface area contributed by atoms with Gasteiger partial charge in [-0.2, -0.15) is 0 Å². The maximum absolute atomic E-state index is 12.9. The number of benzene rings is 1. The third kappa shape index (κ3) is 4.93. The summed E-state index contributed by atoms with van der Waals surface area (Å²) in [5.74, 6) is 2.79. The first-order chi connectivity index (χ1) is 15.6. The molecule has 0 N–H and O–H groups in total. The van der Waals surface area contributed by atoms with Crippen LogP contribution in [0.4, 0.5) is 5.82 Å².